The van der Waals surface area contributed by atoms with E-state index in [2.05, 4.69) is 6.92 Å². The lowest BCUT2D eigenvalue weighted by atomic mass is 9.97. The van der Waals surface area contributed by atoms with E-state index >= 15 is 0 Å². The number of ether oxygens (including phenoxy) is 1. The molecule has 1 aliphatic rings. The molecule has 1 aliphatic heterocycles. The van der Waals surface area contributed by atoms with Gasteiger partial charge in [-0.15, -0.1) is 0 Å². The number of rotatable bonds is 8. The summed E-state index contributed by atoms with van der Waals surface area (Å²) >= 11 is 0. The first-order valence-electron chi connectivity index (χ1n) is 7.46. The van der Waals surface area contributed by atoms with Crippen LogP contribution in [-0.2, 0) is 19.0 Å². The van der Waals surface area contributed by atoms with Crippen LogP contribution >= 0.6 is 0 Å². The maximum Gasteiger partial charge on any atom is 0.264 e. The van der Waals surface area contributed by atoms with E-state index in [1.807, 2.05) is 0 Å². The molecule has 4 nitrogen and oxygen atoms in total. The van der Waals surface area contributed by atoms with Gasteiger partial charge < -0.3 is 4.74 Å². The summed E-state index contributed by atoms with van der Waals surface area (Å²) in [6.07, 6.45) is 10.1. The second-order valence-corrected chi connectivity index (χ2v) is 7.18. The Kier molecular flexibility index (Phi) is 7.32. The quantitative estimate of drug-likeness (QED) is 0.509. The van der Waals surface area contributed by atoms with E-state index in [0.717, 1.165) is 31.9 Å². The van der Waals surface area contributed by atoms with Crippen molar-refractivity contribution < 1.29 is 17.3 Å². The van der Waals surface area contributed by atoms with Gasteiger partial charge in [0.1, 0.15) is 6.10 Å². The summed E-state index contributed by atoms with van der Waals surface area (Å²) in [4.78, 5) is 0. The fourth-order valence-electron chi connectivity index (χ4n) is 2.62. The van der Waals surface area contributed by atoms with Gasteiger partial charge >= 0.3 is 0 Å². The Hall–Kier alpha value is -0.130. The molecule has 0 aliphatic carbocycles. The Bertz CT molecular complexity index is 339. The molecular formula is C14H28O4S. The van der Waals surface area contributed by atoms with E-state index in [4.69, 9.17) is 8.92 Å². The van der Waals surface area contributed by atoms with Crippen molar-refractivity contribution in [3.8, 4) is 0 Å². The van der Waals surface area contributed by atoms with Crippen molar-refractivity contribution in [1.29, 1.82) is 0 Å². The van der Waals surface area contributed by atoms with Crippen molar-refractivity contribution in [1.82, 2.24) is 0 Å². The van der Waals surface area contributed by atoms with E-state index < -0.39 is 10.1 Å². The molecule has 0 radical (unpaired) electrons. The zero-order valence-electron chi connectivity index (χ0n) is 12.4. The first kappa shape index (κ1) is 16.9. The zero-order chi connectivity index (χ0) is 14.3. The van der Waals surface area contributed by atoms with Crippen LogP contribution in [0.15, 0.2) is 0 Å². The van der Waals surface area contributed by atoms with Crippen LogP contribution in [-0.4, -0.2) is 33.0 Å². The Balaban J connectivity index is 2.33. The highest BCUT2D eigenvalue weighted by Crippen LogP contribution is 2.26. The van der Waals surface area contributed by atoms with Gasteiger partial charge in [0, 0.05) is 0 Å². The molecule has 0 aromatic carbocycles. The van der Waals surface area contributed by atoms with E-state index in [0.29, 0.717) is 0 Å². The fraction of sp³-hybridized carbons (Fsp3) is 1.00. The number of hydrogen-bond donors (Lipinski definition) is 0. The molecule has 0 aromatic rings. The summed E-state index contributed by atoms with van der Waals surface area (Å²) in [5, 5.41) is 0. The maximum atomic E-state index is 11.1. The first-order valence-corrected chi connectivity index (χ1v) is 9.27. The molecule has 5 heteroatoms. The highest BCUT2D eigenvalue weighted by atomic mass is 32.2. The summed E-state index contributed by atoms with van der Waals surface area (Å²) in [5.41, 5.74) is 0. The minimum absolute atomic E-state index is 0.0837. The molecule has 19 heavy (non-hydrogen) atoms. The van der Waals surface area contributed by atoms with Crippen LogP contribution in [0.2, 0.25) is 0 Å². The predicted octanol–water partition coefficient (Wildman–Crippen LogP) is 3.26. The van der Waals surface area contributed by atoms with Gasteiger partial charge in [-0.2, -0.15) is 8.42 Å². The molecule has 3 atom stereocenters. The van der Waals surface area contributed by atoms with E-state index in [-0.39, 0.29) is 18.3 Å². The van der Waals surface area contributed by atoms with Gasteiger partial charge in [0.05, 0.1) is 18.5 Å². The van der Waals surface area contributed by atoms with Crippen LogP contribution < -0.4 is 0 Å². The minimum atomic E-state index is -3.39. The topological polar surface area (TPSA) is 52.6 Å². The van der Waals surface area contributed by atoms with E-state index in [1.54, 1.807) is 6.92 Å². The molecule has 0 N–H and O–H groups in total. The summed E-state index contributed by atoms with van der Waals surface area (Å²) < 4.78 is 33.3. The molecule has 0 unspecified atom stereocenters. The molecule has 1 heterocycles. The van der Waals surface area contributed by atoms with Crippen LogP contribution in [0.25, 0.3) is 0 Å². The van der Waals surface area contributed by atoms with Crippen molar-refractivity contribution >= 4 is 10.1 Å². The molecule has 0 aromatic heterocycles. The van der Waals surface area contributed by atoms with Crippen molar-refractivity contribution in [3.05, 3.63) is 0 Å². The van der Waals surface area contributed by atoms with Crippen molar-refractivity contribution in [2.75, 3.05) is 6.26 Å². The largest absolute Gasteiger partial charge is 0.372 e. The van der Waals surface area contributed by atoms with Gasteiger partial charge in [0.2, 0.25) is 0 Å². The standard InChI is InChI=1S/C14H28O4S/c1-4-5-6-7-9-13-10-8-11-14(17-13)12(2)18-19(3,15)16/h12-14H,4-11H2,1-3H3/t12-,13+,14-/m0/s1. The molecule has 114 valence electrons. The molecular weight excluding hydrogens is 264 g/mol. The van der Waals surface area contributed by atoms with Crippen molar-refractivity contribution in [3.63, 3.8) is 0 Å². The third kappa shape index (κ3) is 7.28. The highest BCUT2D eigenvalue weighted by Gasteiger charge is 2.28. The zero-order valence-corrected chi connectivity index (χ0v) is 13.2. The van der Waals surface area contributed by atoms with Crippen LogP contribution in [0, 0.1) is 0 Å². The smallest absolute Gasteiger partial charge is 0.264 e. The van der Waals surface area contributed by atoms with Gasteiger partial charge in [0.25, 0.3) is 10.1 Å². The van der Waals surface area contributed by atoms with Crippen LogP contribution in [0.4, 0.5) is 0 Å². The second-order valence-electron chi connectivity index (χ2n) is 5.58. The Morgan fingerprint density at radius 2 is 2.00 bits per heavy atom. The lowest BCUT2D eigenvalue weighted by molar-refractivity contribution is -0.0943. The summed E-state index contributed by atoms with van der Waals surface area (Å²) in [6, 6.07) is 0. The number of unbranched alkanes of at least 4 members (excludes halogenated alkanes) is 3. The summed E-state index contributed by atoms with van der Waals surface area (Å²) in [5.74, 6) is 0. The SMILES string of the molecule is CCCCCC[C@@H]1CCC[C@@H]([C@H](C)OS(C)(=O)=O)O1. The maximum absolute atomic E-state index is 11.1. The van der Waals surface area contributed by atoms with Crippen LogP contribution in [0.1, 0.15) is 65.2 Å². The lowest BCUT2D eigenvalue weighted by Crippen LogP contribution is -2.37. The van der Waals surface area contributed by atoms with E-state index in [9.17, 15) is 8.42 Å². The third-order valence-corrected chi connectivity index (χ3v) is 4.26. The van der Waals surface area contributed by atoms with Crippen LogP contribution in [0.5, 0.6) is 0 Å². The average Bonchev–Trinajstić information content (AvgIpc) is 2.33. The monoisotopic (exact) mass is 292 g/mol. The van der Waals surface area contributed by atoms with Gasteiger partial charge in [-0.25, -0.2) is 0 Å². The first-order chi connectivity index (χ1) is 8.92. The summed E-state index contributed by atoms with van der Waals surface area (Å²) in [6.45, 7) is 3.99. The van der Waals surface area contributed by atoms with Crippen molar-refractivity contribution in [2.24, 2.45) is 0 Å². The molecule has 0 amide bonds. The molecule has 0 spiro atoms. The molecule has 1 fully saturated rings. The molecule has 0 bridgehead atoms. The molecule has 0 saturated carbocycles. The highest BCUT2D eigenvalue weighted by molar-refractivity contribution is 7.86. The van der Waals surface area contributed by atoms with E-state index in [1.165, 1.54) is 25.7 Å². The van der Waals surface area contributed by atoms with Crippen molar-refractivity contribution in [2.45, 2.75) is 83.5 Å². The minimum Gasteiger partial charge on any atom is -0.372 e. The molecule has 1 saturated heterocycles. The van der Waals surface area contributed by atoms with Gasteiger partial charge in [-0.3, -0.25) is 4.18 Å². The normalized spacial score (nSPS) is 26.3. The molecule has 1 rings (SSSR count). The lowest BCUT2D eigenvalue weighted by Gasteiger charge is -2.33. The van der Waals surface area contributed by atoms with Gasteiger partial charge in [-0.05, 0) is 32.6 Å². The van der Waals surface area contributed by atoms with Crippen LogP contribution in [0.3, 0.4) is 0 Å². The fourth-order valence-corrected chi connectivity index (χ4v) is 3.30. The predicted molar refractivity (Wildman–Crippen MR) is 76.7 cm³/mol. The summed E-state index contributed by atoms with van der Waals surface area (Å²) in [7, 11) is -3.39. The second kappa shape index (κ2) is 8.22. The Labute approximate surface area is 118 Å². The Morgan fingerprint density at radius 3 is 2.63 bits per heavy atom. The number of hydrogen-bond acceptors (Lipinski definition) is 4. The Morgan fingerprint density at radius 1 is 1.26 bits per heavy atom. The average molecular weight is 292 g/mol. The van der Waals surface area contributed by atoms with Gasteiger partial charge in [-0.1, -0.05) is 32.6 Å². The third-order valence-electron chi connectivity index (χ3n) is 3.61. The van der Waals surface area contributed by atoms with Gasteiger partial charge in [0.15, 0.2) is 0 Å².